The molecule has 0 spiro atoms. The highest BCUT2D eigenvalue weighted by atomic mass is 32.7. The van der Waals surface area contributed by atoms with Crippen molar-refractivity contribution in [3.8, 4) is 0 Å². The Morgan fingerprint density at radius 1 is 0.451 bits per heavy atom. The quantitative estimate of drug-likeness (QED) is 0.0815. The van der Waals surface area contributed by atoms with E-state index in [-0.39, 0.29) is 69.8 Å². The summed E-state index contributed by atoms with van der Waals surface area (Å²) in [6, 6.07) is 4.71. The molecule has 12 aromatic heterocycles. The number of imidazole rings is 5. The third-order valence-corrected chi connectivity index (χ3v) is 32.3. The van der Waals surface area contributed by atoms with Crippen molar-refractivity contribution < 1.29 is 130 Å². The fourth-order valence-electron chi connectivity index (χ4n) is 15.9. The number of halogens is 3. The summed E-state index contributed by atoms with van der Waals surface area (Å²) in [6.45, 7) is -24.4. The van der Waals surface area contributed by atoms with Gasteiger partial charge in [0.1, 0.15) is 84.1 Å². The Kier molecular flexibility index (Phi) is 25.7. The van der Waals surface area contributed by atoms with E-state index in [2.05, 4.69) is 92.6 Å². The van der Waals surface area contributed by atoms with Crippen LogP contribution in [0, 0.1) is 0 Å². The first-order valence-electron chi connectivity index (χ1n) is 38.9. The summed E-state index contributed by atoms with van der Waals surface area (Å²) in [6.07, 6.45) is -16.4. The number of fused-ring (bicyclic) bond motifs is 15. The first kappa shape index (κ1) is 94.2. The van der Waals surface area contributed by atoms with Gasteiger partial charge >= 0.3 is 41.5 Å². The van der Waals surface area contributed by atoms with Gasteiger partial charge in [0.25, 0.3) is 16.7 Å². The predicted molar refractivity (Wildman–Crippen MR) is 467 cm³/mol. The number of aliphatic hydroxyl groups is 1. The number of nitrogens with two attached hydrogens (primary N) is 6. The van der Waals surface area contributed by atoms with E-state index in [1.165, 1.54) is 72.6 Å². The zero-order valence-electron chi connectivity index (χ0n) is 66.6. The molecule has 9 fully saturated rings. The lowest BCUT2D eigenvalue weighted by Gasteiger charge is -2.27. The number of thiol groups is 1. The number of ether oxygens (including phenoxy) is 5. The molecule has 0 aliphatic carbocycles. The maximum Gasteiger partial charge on any atom is 0.472 e. The first-order valence-corrected chi connectivity index (χ1v) is 54.4. The van der Waals surface area contributed by atoms with E-state index >= 15 is 13.2 Å². The SMILES string of the molecule is Nc1nc2c(ncn2[C@@H]2O[C@@H]3COP(=O)(S)O[C@H]4C[C@H](c5cnc6c(N)ccnn56)O[C@@H]4COP(O)(=S)O[C@@H]2[C@@H]3F)c(=O)[nH]1.Nc1nc2c(ncn2[C@@H]2O[C@@H]3COP(O)(=S)O[C@H]4[C@@H](F)[C@H](n5cnc6c(N)ccnc65)O[C@@H]4COP(O)(=S)O[C@@H]2[C@@H]3F)c(=O)[nH]1.Nc1nc2c(nnn2[C@@H]2S[C@@H]3COP(=O)(O)O[C@H]4C[C@H](c5cnc6c(N)ccnn56)O[C@@H]4COP(O)(=S)O[C@@H]2[C@@H]3O)c(=O)[nH]1. The van der Waals surface area contributed by atoms with E-state index in [4.69, 9.17) is 160 Å². The summed E-state index contributed by atoms with van der Waals surface area (Å²) < 4.78 is 178. The number of H-pyrrole nitrogens is 3. The monoisotopic (exact) mass is 2090 g/mol. The number of aliphatic hydroxyl groups excluding tert-OH is 1. The number of hydrogen-bond acceptors (Lipinski definition) is 47. The molecule has 6 unspecified atom stereocenters. The van der Waals surface area contributed by atoms with Crippen molar-refractivity contribution in [3.05, 3.63) is 111 Å². The van der Waals surface area contributed by atoms with Gasteiger partial charge in [-0.2, -0.15) is 25.1 Å². The number of rotatable bonds is 6. The van der Waals surface area contributed by atoms with Crippen molar-refractivity contribution >= 4 is 204 Å². The maximum absolute atomic E-state index is 16.0. The van der Waals surface area contributed by atoms with Gasteiger partial charge in [0, 0.05) is 19.0 Å². The fraction of sp³-hybridized carbons (Fsp3) is 0.484. The zero-order chi connectivity index (χ0) is 93.8. The number of nitrogen functional groups attached to an aromatic ring is 6. The Morgan fingerprint density at radius 3 is 1.41 bits per heavy atom. The summed E-state index contributed by atoms with van der Waals surface area (Å²) in [5.74, 6) is -0.693. The van der Waals surface area contributed by atoms with Crippen LogP contribution in [0.2, 0.25) is 0 Å². The Bertz CT molecular complexity index is 6790. The Labute approximate surface area is 767 Å². The van der Waals surface area contributed by atoms with Gasteiger partial charge in [-0.15, -0.1) is 16.9 Å². The number of aromatic amines is 3. The Hall–Kier alpha value is -7.73. The van der Waals surface area contributed by atoms with Gasteiger partial charge in [-0.3, -0.25) is 79.2 Å². The first-order chi connectivity index (χ1) is 63.1. The summed E-state index contributed by atoms with van der Waals surface area (Å²) in [5, 5.41) is 25.6. The normalized spacial score (nSPS) is 36.9. The molecule has 0 saturated carbocycles. The molecular weight excluding hydrogens is 2020 g/mol. The van der Waals surface area contributed by atoms with E-state index < -0.39 is 231 Å². The molecule has 0 radical (unpaired) electrons. The van der Waals surface area contributed by atoms with Gasteiger partial charge in [-0.1, -0.05) is 17.5 Å². The van der Waals surface area contributed by atoms with E-state index in [1.807, 2.05) is 0 Å². The van der Waals surface area contributed by atoms with Crippen molar-refractivity contribution in [2.45, 2.75) is 146 Å². The summed E-state index contributed by atoms with van der Waals surface area (Å²) in [4.78, 5) is 136. The molecule has 56 nitrogen and oxygen atoms in total. The molecule has 12 aromatic rings. The number of pyridine rings is 1. The fourth-order valence-corrected chi connectivity index (χ4v) is 25.7. The van der Waals surface area contributed by atoms with E-state index in [0.29, 0.717) is 45.3 Å². The number of thioether (sulfide) groups is 1. The predicted octanol–water partition coefficient (Wildman–Crippen LogP) is 0.976. The maximum atomic E-state index is 16.0. The van der Waals surface area contributed by atoms with E-state index in [9.17, 15) is 53.1 Å². The number of hydrogen-bond donors (Lipinski definition) is 16. The minimum atomic E-state index is -4.75. The van der Waals surface area contributed by atoms with Crippen LogP contribution in [0.25, 0.3) is 55.9 Å². The molecule has 9 aliphatic rings. The van der Waals surface area contributed by atoms with Crippen molar-refractivity contribution in [1.82, 2.24) is 108 Å². The van der Waals surface area contributed by atoms with E-state index in [0.717, 1.165) is 22.7 Å². The number of nitrogens with one attached hydrogen (secondary N) is 3. The molecule has 71 heteroatoms. The molecule has 21 rings (SSSR count). The smallest absolute Gasteiger partial charge is 0.397 e. The number of alkyl halides is 3. The standard InChI is InChI=1S/C21H23F2N9O9P2S2.C21H24FN9O9P2S2.C20H24N10O10P2S2/c22-10-8-3-36-42(34,44)40-14-9(39-19(11(14)23)31-5-27-12-7(24)1-2-26-16(12)31)4-37-43(35,45)41-15(10)20(38-8)32-6-28-13-17(32)29-21(25)30-18(13)33;22-14-13-6-36-41(33,43)39-11-3-10(9-4-25-17-8(23)1-2-27-31(9)17)37-12(11)5-35-42(34,44)40-16(14)20(38-13)30-7-26-15-18(30)28-21(24)29-19(15)32;21-7-1-2-24-29-8(4-23-16(7)29)9-3-10-11(38-9)5-37-42(35,43)40-15-14(31)12(6-36-41(33,34)39-10)44-19(15)30-17-13(27-28-30)18(32)26-20(22)25-17/h1-2,5-6,8-11,14-15,19-20H,3-4H2,(H2,24,26)(H,34,44)(H,35,45)(H3,25,29,30,33);1-2,4,7,10-14,16,20H,3,5-6,23H2,(H,33,43)(H,34,44)(H3,24,28,29,32);1-2,4,9-12,14-15,19,31H,3,5-6,21H2,(H,33,34)(H,35,43)(H3,22,25,26,32)/t8-,9-,10-,11-,14-,15-,19-,20-,42?,43?;10-,11+,12-,13-,14-,16-,20-,41?,42?;9-,10+,11-,12-,14-,15-,19-,42?/m111/s1. The van der Waals surface area contributed by atoms with E-state index in [1.54, 1.807) is 12.1 Å². The van der Waals surface area contributed by atoms with Crippen LogP contribution < -0.4 is 51.1 Å². The molecule has 133 heavy (non-hydrogen) atoms. The molecule has 9 saturated heterocycles. The number of phosphoric ester groups is 1. The number of phosphoric acid groups is 1. The van der Waals surface area contributed by atoms with Gasteiger partial charge in [0.05, 0.1) is 129 Å². The average Bonchev–Trinajstić information content (AvgIpc) is 1.61. The molecule has 0 aromatic carbocycles. The molecule has 9 aliphatic heterocycles. The largest absolute Gasteiger partial charge is 0.472 e. The molecule has 0 amide bonds. The van der Waals surface area contributed by atoms with Gasteiger partial charge < -0.3 is 106 Å². The summed E-state index contributed by atoms with van der Waals surface area (Å²) in [5.41, 5.74) is 35.9. The molecule has 28 atom stereocenters. The minimum Gasteiger partial charge on any atom is -0.397 e. The van der Waals surface area contributed by atoms with Gasteiger partial charge in [-0.05, 0) is 65.4 Å². The van der Waals surface area contributed by atoms with Crippen LogP contribution in [-0.4, -0.2) is 274 Å². The lowest BCUT2D eigenvalue weighted by Crippen LogP contribution is -2.35. The molecule has 21 heterocycles. The zero-order valence-corrected chi connectivity index (χ0v) is 77.0. The lowest BCUT2D eigenvalue weighted by atomic mass is 10.1. The third-order valence-electron chi connectivity index (χ3n) is 21.9. The van der Waals surface area contributed by atoms with Crippen LogP contribution in [0.1, 0.15) is 60.5 Å². The van der Waals surface area contributed by atoms with Crippen molar-refractivity contribution in [1.29, 1.82) is 0 Å². The second-order valence-electron chi connectivity index (χ2n) is 30.4. The lowest BCUT2D eigenvalue weighted by molar-refractivity contribution is -0.0599. The van der Waals surface area contributed by atoms with Crippen molar-refractivity contribution in [2.24, 2.45) is 0 Å². The molecule has 21 N–H and O–H groups in total. The molecular formula is C62H71F3N28O28P6S6. The van der Waals surface area contributed by atoms with Crippen molar-refractivity contribution in [3.63, 3.8) is 0 Å². The van der Waals surface area contributed by atoms with Crippen LogP contribution in [0.15, 0.2) is 82.5 Å². The molecule has 6 bridgehead atoms. The van der Waals surface area contributed by atoms with Gasteiger partial charge in [-0.25, -0.2) is 65.9 Å². The average molecular weight is 2090 g/mol. The van der Waals surface area contributed by atoms with Crippen molar-refractivity contribution in [2.75, 3.05) is 74.0 Å². The number of aromatic nitrogens is 22. The van der Waals surface area contributed by atoms with Crippen LogP contribution in [0.4, 0.5) is 48.1 Å². The van der Waals surface area contributed by atoms with Gasteiger partial charge in [0.15, 0.2) is 87.6 Å². The Balaban J connectivity index is 0.000000129. The summed E-state index contributed by atoms with van der Waals surface area (Å²) in [7, 11) is -4.75. The highest BCUT2D eigenvalue weighted by Gasteiger charge is 2.58. The number of nitrogens with zero attached hydrogens (tertiary/aromatic N) is 19. The second-order valence-corrected chi connectivity index (χ2v) is 47.2. The Morgan fingerprint density at radius 2 is 0.887 bits per heavy atom. The summed E-state index contributed by atoms with van der Waals surface area (Å²) >= 11 is 25.9. The molecule has 714 valence electrons. The highest BCUT2D eigenvalue weighted by Crippen LogP contribution is 2.62. The minimum absolute atomic E-state index is 0.0348. The topological polar surface area (TPSA) is 763 Å². The van der Waals surface area contributed by atoms with Crippen LogP contribution >= 0.6 is 65.5 Å². The van der Waals surface area contributed by atoms with Gasteiger partial charge in [0.2, 0.25) is 17.8 Å². The third kappa shape index (κ3) is 18.8. The second kappa shape index (κ2) is 36.2. The highest BCUT2D eigenvalue weighted by molar-refractivity contribution is 8.44. The van der Waals surface area contributed by atoms with Crippen LogP contribution in [-0.2, 0) is 134 Å². The van der Waals surface area contributed by atoms with Crippen LogP contribution in [0.3, 0.4) is 0 Å². The number of anilines is 6. The van der Waals surface area contributed by atoms with Crippen LogP contribution in [0.5, 0.6) is 0 Å².